The number of nitrogens with two attached hydrogens (primary N) is 1. The van der Waals surface area contributed by atoms with Gasteiger partial charge in [0.2, 0.25) is 0 Å². The highest BCUT2D eigenvalue weighted by molar-refractivity contribution is 7.18. The van der Waals surface area contributed by atoms with Crippen LogP contribution >= 0.6 is 9.24 Å². The second-order valence-corrected chi connectivity index (χ2v) is 8.59. The third-order valence-electron chi connectivity index (χ3n) is 6.02. The van der Waals surface area contributed by atoms with Crippen LogP contribution < -0.4 is 11.1 Å². The predicted octanol–water partition coefficient (Wildman–Crippen LogP) is 0.833. The van der Waals surface area contributed by atoms with Gasteiger partial charge in [-0.25, -0.2) is 0 Å². The zero-order chi connectivity index (χ0) is 13.9. The zero-order valence-electron chi connectivity index (χ0n) is 12.0. The van der Waals surface area contributed by atoms with Gasteiger partial charge >= 0.3 is 0 Å². The molecule has 5 rings (SSSR count). The van der Waals surface area contributed by atoms with Crippen molar-refractivity contribution < 1.29 is 9.84 Å². The highest BCUT2D eigenvalue weighted by atomic mass is 31.0. The Morgan fingerprint density at radius 2 is 1.90 bits per heavy atom. The van der Waals surface area contributed by atoms with Gasteiger partial charge in [-0.05, 0) is 61.9 Å². The van der Waals surface area contributed by atoms with Crippen LogP contribution in [0.4, 0.5) is 0 Å². The Hall–Kier alpha value is 0.270. The molecule has 6 atom stereocenters. The molecule has 5 saturated carbocycles. The van der Waals surface area contributed by atoms with Gasteiger partial charge in [0.05, 0.1) is 12.2 Å². The molecule has 4 N–H and O–H groups in total. The summed E-state index contributed by atoms with van der Waals surface area (Å²) >= 11 is 0. The molecule has 0 aromatic rings. The van der Waals surface area contributed by atoms with E-state index in [0.717, 1.165) is 29.5 Å². The molecule has 5 fully saturated rings. The van der Waals surface area contributed by atoms with E-state index in [4.69, 9.17) is 10.5 Å². The quantitative estimate of drug-likeness (QED) is 0.519. The summed E-state index contributed by atoms with van der Waals surface area (Å²) in [5.41, 5.74) is 6.28. The number of ether oxygens (including phenoxy) is 1. The maximum Gasteiger partial charge on any atom is 0.126 e. The normalized spacial score (nSPS) is 54.1. The van der Waals surface area contributed by atoms with Crippen LogP contribution in [0.25, 0.3) is 0 Å². The molecule has 20 heavy (non-hydrogen) atoms. The third-order valence-corrected chi connectivity index (χ3v) is 6.76. The summed E-state index contributed by atoms with van der Waals surface area (Å²) < 4.78 is 6.09. The second kappa shape index (κ2) is 4.89. The van der Waals surface area contributed by atoms with Gasteiger partial charge in [0.15, 0.2) is 0 Å². The van der Waals surface area contributed by atoms with Crippen molar-refractivity contribution in [2.75, 3.05) is 6.61 Å². The number of nitrogens with one attached hydrogen (secondary N) is 1. The van der Waals surface area contributed by atoms with Crippen molar-refractivity contribution in [3.63, 3.8) is 0 Å². The fraction of sp³-hybridized carbons (Fsp3) is 1.00. The Bertz CT molecular complexity index is 376. The maximum atomic E-state index is 9.30. The molecule has 5 aliphatic rings. The van der Waals surface area contributed by atoms with Crippen molar-refractivity contribution in [3.05, 3.63) is 0 Å². The van der Waals surface area contributed by atoms with E-state index in [9.17, 15) is 5.11 Å². The summed E-state index contributed by atoms with van der Waals surface area (Å²) in [7, 11) is 2.95. The van der Waals surface area contributed by atoms with Crippen LogP contribution in [0.15, 0.2) is 0 Å². The number of rotatable bonds is 5. The van der Waals surface area contributed by atoms with Crippen molar-refractivity contribution in [2.45, 2.75) is 68.1 Å². The van der Waals surface area contributed by atoms with E-state index in [0.29, 0.717) is 12.6 Å². The topological polar surface area (TPSA) is 67.5 Å². The molecule has 6 unspecified atom stereocenters. The third kappa shape index (κ3) is 2.44. The molecule has 0 aromatic heterocycles. The van der Waals surface area contributed by atoms with Crippen LogP contribution in [0.2, 0.25) is 0 Å². The molecular formula is C15H27N2O2P. The molecule has 0 aromatic carbocycles. The van der Waals surface area contributed by atoms with E-state index in [2.05, 4.69) is 14.6 Å². The van der Waals surface area contributed by atoms with Crippen LogP contribution in [0.5, 0.6) is 0 Å². The molecule has 5 aliphatic carbocycles. The zero-order valence-corrected chi connectivity index (χ0v) is 13.2. The van der Waals surface area contributed by atoms with Crippen LogP contribution in [0.1, 0.15) is 38.5 Å². The Kier molecular flexibility index (Phi) is 3.40. The van der Waals surface area contributed by atoms with Gasteiger partial charge in [0.1, 0.15) is 6.23 Å². The highest BCUT2D eigenvalue weighted by Crippen LogP contribution is 2.57. The Morgan fingerprint density at radius 1 is 1.25 bits per heavy atom. The minimum Gasteiger partial charge on any atom is -0.376 e. The van der Waals surface area contributed by atoms with Gasteiger partial charge < -0.3 is 20.9 Å². The summed E-state index contributed by atoms with van der Waals surface area (Å²) in [4.78, 5) is 0. The van der Waals surface area contributed by atoms with E-state index in [1.165, 1.54) is 38.5 Å². The lowest BCUT2D eigenvalue weighted by Crippen LogP contribution is -2.62. The van der Waals surface area contributed by atoms with Crippen molar-refractivity contribution in [1.82, 2.24) is 5.32 Å². The fourth-order valence-corrected chi connectivity index (χ4v) is 5.72. The van der Waals surface area contributed by atoms with Crippen LogP contribution in [-0.4, -0.2) is 41.3 Å². The molecule has 0 radical (unpaired) electrons. The van der Waals surface area contributed by atoms with Crippen LogP contribution in [0.3, 0.4) is 0 Å². The van der Waals surface area contributed by atoms with Crippen LogP contribution in [0, 0.1) is 17.8 Å². The molecule has 4 nitrogen and oxygen atoms in total. The summed E-state index contributed by atoms with van der Waals surface area (Å²) in [6, 6.07) is 1.45. The average Bonchev–Trinajstić information content (AvgIpc) is 3.07. The predicted molar refractivity (Wildman–Crippen MR) is 81.3 cm³/mol. The van der Waals surface area contributed by atoms with E-state index < -0.39 is 6.23 Å². The van der Waals surface area contributed by atoms with Crippen LogP contribution in [-0.2, 0) is 4.74 Å². The molecule has 4 bridgehead atoms. The number of aliphatic hydroxyl groups is 1. The lowest BCUT2D eigenvalue weighted by Gasteiger charge is -2.60. The van der Waals surface area contributed by atoms with E-state index in [1.807, 2.05) is 0 Å². The van der Waals surface area contributed by atoms with Gasteiger partial charge in [0, 0.05) is 12.1 Å². The molecule has 0 amide bonds. The number of aliphatic hydroxyl groups excluding tert-OH is 1. The van der Waals surface area contributed by atoms with Gasteiger partial charge in [-0.1, -0.05) is 0 Å². The van der Waals surface area contributed by atoms with E-state index in [-0.39, 0.29) is 5.60 Å². The minimum atomic E-state index is -0.832. The number of hydrogen-bond donors (Lipinski definition) is 3. The first-order valence-electron chi connectivity index (χ1n) is 8.14. The second-order valence-electron chi connectivity index (χ2n) is 7.73. The minimum absolute atomic E-state index is 0.0267. The van der Waals surface area contributed by atoms with Crippen molar-refractivity contribution in [3.8, 4) is 0 Å². The maximum absolute atomic E-state index is 9.30. The monoisotopic (exact) mass is 298 g/mol. The average molecular weight is 298 g/mol. The Morgan fingerprint density at radius 3 is 2.45 bits per heavy atom. The summed E-state index contributed by atoms with van der Waals surface area (Å²) in [5.74, 6) is 2.38. The van der Waals surface area contributed by atoms with Gasteiger partial charge in [-0.2, -0.15) is 0 Å². The van der Waals surface area contributed by atoms with Gasteiger partial charge in [-0.15, -0.1) is 9.24 Å². The summed E-state index contributed by atoms with van der Waals surface area (Å²) in [6.07, 6.45) is 6.76. The largest absolute Gasteiger partial charge is 0.376 e. The molecular weight excluding hydrogens is 271 g/mol. The molecule has 5 heteroatoms. The van der Waals surface area contributed by atoms with Crippen molar-refractivity contribution in [2.24, 2.45) is 23.5 Å². The smallest absolute Gasteiger partial charge is 0.126 e. The lowest BCUT2D eigenvalue weighted by atomic mass is 9.52. The summed E-state index contributed by atoms with van der Waals surface area (Å²) in [5, 5.41) is 13.2. The molecule has 0 heterocycles. The number of hydrogen-bond acceptors (Lipinski definition) is 4. The molecule has 0 saturated heterocycles. The van der Waals surface area contributed by atoms with Crippen molar-refractivity contribution in [1.29, 1.82) is 0 Å². The molecule has 0 spiro atoms. The highest BCUT2D eigenvalue weighted by Gasteiger charge is 2.57. The Labute approximate surface area is 123 Å². The van der Waals surface area contributed by atoms with Gasteiger partial charge in [-0.3, -0.25) is 0 Å². The Balaban J connectivity index is 1.45. The molecule has 114 valence electrons. The lowest BCUT2D eigenvalue weighted by molar-refractivity contribution is -0.183. The molecule has 0 aliphatic heterocycles. The van der Waals surface area contributed by atoms with Gasteiger partial charge in [0.25, 0.3) is 0 Å². The first-order chi connectivity index (χ1) is 9.55. The van der Waals surface area contributed by atoms with Crippen molar-refractivity contribution >= 4 is 9.24 Å². The SMILES string of the molecule is NC(O)COC12CC3CC(C1)C(NC1CC1P)C(C3)C2. The fourth-order valence-electron chi connectivity index (χ4n) is 5.31. The van der Waals surface area contributed by atoms with E-state index >= 15 is 0 Å². The van der Waals surface area contributed by atoms with E-state index in [1.54, 1.807) is 0 Å². The first kappa shape index (κ1) is 13.9. The first-order valence-corrected chi connectivity index (χ1v) is 8.80. The summed E-state index contributed by atoms with van der Waals surface area (Å²) in [6.45, 7) is 0.292. The standard InChI is InChI=1S/C15H27N2O2P/c16-13(18)7-19-15-4-8-1-9(5-15)14(10(2-8)6-15)17-11-3-12(11)20/h8-14,17-18H,1-7,16,20H2.